The van der Waals surface area contributed by atoms with Crippen molar-refractivity contribution in [1.82, 2.24) is 0 Å². The highest BCUT2D eigenvalue weighted by Gasteiger charge is 2.17. The predicted molar refractivity (Wildman–Crippen MR) is 65.0 cm³/mol. The molecule has 92 valence electrons. The number of carboxylic acid groups (broad SMARTS) is 1. The van der Waals surface area contributed by atoms with Crippen LogP contribution in [0.15, 0.2) is 18.2 Å². The third-order valence-electron chi connectivity index (χ3n) is 2.26. The van der Waals surface area contributed by atoms with Gasteiger partial charge in [-0.05, 0) is 24.6 Å². The van der Waals surface area contributed by atoms with Crippen LogP contribution in [0.2, 0.25) is 5.02 Å². The summed E-state index contributed by atoms with van der Waals surface area (Å²) in [5.41, 5.74) is 6.67. The first-order valence-corrected chi connectivity index (χ1v) is 5.33. The largest absolute Gasteiger partial charge is 0.481 e. The Hall–Kier alpha value is -1.59. The molecule has 17 heavy (non-hydrogen) atoms. The lowest BCUT2D eigenvalue weighted by Gasteiger charge is -2.12. The predicted octanol–water partition coefficient (Wildman–Crippen LogP) is 1.39. The highest BCUT2D eigenvalue weighted by Crippen LogP contribution is 2.22. The molecular formula is C11H13ClN2O3. The molecule has 0 saturated heterocycles. The van der Waals surface area contributed by atoms with E-state index in [1.807, 2.05) is 0 Å². The van der Waals surface area contributed by atoms with Gasteiger partial charge in [-0.2, -0.15) is 0 Å². The number of amides is 1. The lowest BCUT2D eigenvalue weighted by atomic mass is 10.1. The number of rotatable bonds is 4. The zero-order chi connectivity index (χ0) is 13.0. The van der Waals surface area contributed by atoms with Gasteiger partial charge in [0.25, 0.3) is 0 Å². The number of hydrogen-bond donors (Lipinski definition) is 3. The monoisotopic (exact) mass is 256 g/mol. The fourth-order valence-electron chi connectivity index (χ4n) is 1.25. The molecule has 4 N–H and O–H groups in total. The Balaban J connectivity index is 2.74. The van der Waals surface area contributed by atoms with Gasteiger partial charge in [-0.25, -0.2) is 0 Å². The Morgan fingerprint density at radius 1 is 1.53 bits per heavy atom. The van der Waals surface area contributed by atoms with Crippen LogP contribution in [-0.2, 0) is 9.59 Å². The lowest BCUT2D eigenvalue weighted by Crippen LogP contribution is -2.37. The van der Waals surface area contributed by atoms with Crippen LogP contribution in [0.4, 0.5) is 5.69 Å². The van der Waals surface area contributed by atoms with Crippen molar-refractivity contribution in [3.05, 3.63) is 28.8 Å². The standard InChI is InChI=1S/C11H13ClN2O3/c1-6-7(12)3-2-4-9(6)14-11(17)8(13)5-10(15)16/h2-4,8H,5,13H2,1H3,(H,14,17)(H,15,16). The van der Waals surface area contributed by atoms with Crippen molar-refractivity contribution in [2.45, 2.75) is 19.4 Å². The highest BCUT2D eigenvalue weighted by atomic mass is 35.5. The van der Waals surface area contributed by atoms with Gasteiger partial charge in [-0.3, -0.25) is 9.59 Å². The average Bonchev–Trinajstić information content (AvgIpc) is 2.23. The third-order valence-corrected chi connectivity index (χ3v) is 2.67. The van der Waals surface area contributed by atoms with Crippen molar-refractivity contribution in [1.29, 1.82) is 0 Å². The van der Waals surface area contributed by atoms with E-state index in [2.05, 4.69) is 5.32 Å². The van der Waals surface area contributed by atoms with Gasteiger partial charge in [0.2, 0.25) is 5.91 Å². The molecule has 0 aliphatic rings. The second-order valence-corrected chi connectivity index (χ2v) is 4.01. The van der Waals surface area contributed by atoms with E-state index in [9.17, 15) is 9.59 Å². The molecule has 1 aromatic carbocycles. The Morgan fingerprint density at radius 2 is 2.18 bits per heavy atom. The molecule has 0 fully saturated rings. The van der Waals surface area contributed by atoms with Gasteiger partial charge in [0.1, 0.15) is 0 Å². The van der Waals surface area contributed by atoms with Crippen LogP contribution >= 0.6 is 11.6 Å². The van der Waals surface area contributed by atoms with Gasteiger partial charge in [0, 0.05) is 10.7 Å². The van der Waals surface area contributed by atoms with Crippen LogP contribution in [0.25, 0.3) is 0 Å². The van der Waals surface area contributed by atoms with Crippen LogP contribution in [0.3, 0.4) is 0 Å². The molecule has 0 aliphatic heterocycles. The number of anilines is 1. The second kappa shape index (κ2) is 5.65. The molecule has 1 amide bonds. The van der Waals surface area contributed by atoms with Crippen molar-refractivity contribution < 1.29 is 14.7 Å². The van der Waals surface area contributed by atoms with Crippen molar-refractivity contribution in [3.8, 4) is 0 Å². The van der Waals surface area contributed by atoms with Crippen LogP contribution < -0.4 is 11.1 Å². The van der Waals surface area contributed by atoms with Gasteiger partial charge in [0.15, 0.2) is 0 Å². The minimum Gasteiger partial charge on any atom is -0.481 e. The number of carboxylic acids is 1. The van der Waals surface area contributed by atoms with Crippen molar-refractivity contribution in [2.75, 3.05) is 5.32 Å². The first kappa shape index (κ1) is 13.5. The number of nitrogens with two attached hydrogens (primary N) is 1. The van der Waals surface area contributed by atoms with E-state index in [0.29, 0.717) is 16.3 Å². The maximum Gasteiger partial charge on any atom is 0.305 e. The number of hydrogen-bond acceptors (Lipinski definition) is 3. The summed E-state index contributed by atoms with van der Waals surface area (Å²) in [6, 6.07) is 3.98. The van der Waals surface area contributed by atoms with E-state index in [4.69, 9.17) is 22.4 Å². The summed E-state index contributed by atoms with van der Waals surface area (Å²) in [5.74, 6) is -1.66. The maximum atomic E-state index is 11.6. The third kappa shape index (κ3) is 3.72. The van der Waals surface area contributed by atoms with Crippen LogP contribution in [0.1, 0.15) is 12.0 Å². The van der Waals surface area contributed by atoms with E-state index in [1.54, 1.807) is 25.1 Å². The van der Waals surface area contributed by atoms with E-state index >= 15 is 0 Å². The molecule has 1 aromatic rings. The molecule has 5 nitrogen and oxygen atoms in total. The summed E-state index contributed by atoms with van der Waals surface area (Å²) < 4.78 is 0. The summed E-state index contributed by atoms with van der Waals surface area (Å²) in [4.78, 5) is 22.0. The summed E-state index contributed by atoms with van der Waals surface area (Å²) in [7, 11) is 0. The Labute approximate surface area is 104 Å². The van der Waals surface area contributed by atoms with Crippen LogP contribution in [-0.4, -0.2) is 23.0 Å². The summed E-state index contributed by atoms with van der Waals surface area (Å²) >= 11 is 5.88. The maximum absolute atomic E-state index is 11.6. The van der Waals surface area contributed by atoms with E-state index in [1.165, 1.54) is 0 Å². The number of aliphatic carboxylic acids is 1. The molecule has 0 radical (unpaired) electrons. The van der Waals surface area contributed by atoms with Crippen molar-refractivity contribution >= 4 is 29.2 Å². The zero-order valence-electron chi connectivity index (χ0n) is 9.24. The average molecular weight is 257 g/mol. The minimum absolute atomic E-state index is 0.411. The highest BCUT2D eigenvalue weighted by molar-refractivity contribution is 6.31. The molecule has 0 saturated carbocycles. The Morgan fingerprint density at radius 3 is 2.76 bits per heavy atom. The van der Waals surface area contributed by atoms with Crippen molar-refractivity contribution in [2.24, 2.45) is 5.73 Å². The quantitative estimate of drug-likeness (QED) is 0.759. The van der Waals surface area contributed by atoms with Gasteiger partial charge < -0.3 is 16.2 Å². The van der Waals surface area contributed by atoms with Gasteiger partial charge in [0.05, 0.1) is 12.5 Å². The number of benzene rings is 1. The first-order valence-electron chi connectivity index (χ1n) is 4.95. The Bertz CT molecular complexity index is 448. The number of carbonyl (C=O) groups is 2. The molecule has 0 spiro atoms. The lowest BCUT2D eigenvalue weighted by molar-refractivity contribution is -0.138. The number of halogens is 1. The summed E-state index contributed by atoms with van der Waals surface area (Å²) in [5, 5.41) is 11.6. The fourth-order valence-corrected chi connectivity index (χ4v) is 1.42. The number of nitrogens with one attached hydrogen (secondary N) is 1. The summed E-state index contributed by atoms with van der Waals surface area (Å²) in [6.45, 7) is 1.75. The molecule has 6 heteroatoms. The fraction of sp³-hybridized carbons (Fsp3) is 0.273. The normalized spacial score (nSPS) is 11.9. The molecular weight excluding hydrogens is 244 g/mol. The van der Waals surface area contributed by atoms with E-state index in [-0.39, 0.29) is 0 Å². The van der Waals surface area contributed by atoms with Gasteiger partial charge in [-0.1, -0.05) is 17.7 Å². The number of carbonyl (C=O) groups excluding carboxylic acids is 1. The SMILES string of the molecule is Cc1c(Cl)cccc1NC(=O)C(N)CC(=O)O. The minimum atomic E-state index is -1.12. The molecule has 0 bridgehead atoms. The molecule has 1 unspecified atom stereocenters. The second-order valence-electron chi connectivity index (χ2n) is 3.61. The summed E-state index contributed by atoms with van der Waals surface area (Å²) in [6.07, 6.45) is -0.411. The van der Waals surface area contributed by atoms with Gasteiger partial charge >= 0.3 is 5.97 Å². The first-order chi connectivity index (χ1) is 7.91. The smallest absolute Gasteiger partial charge is 0.305 e. The Kier molecular flexibility index (Phi) is 4.48. The van der Waals surface area contributed by atoms with Crippen LogP contribution in [0.5, 0.6) is 0 Å². The topological polar surface area (TPSA) is 92.4 Å². The van der Waals surface area contributed by atoms with Crippen molar-refractivity contribution in [3.63, 3.8) is 0 Å². The zero-order valence-corrected chi connectivity index (χ0v) is 9.99. The van der Waals surface area contributed by atoms with Crippen LogP contribution in [0, 0.1) is 6.92 Å². The molecule has 0 aliphatic carbocycles. The van der Waals surface area contributed by atoms with E-state index < -0.39 is 24.3 Å². The van der Waals surface area contributed by atoms with E-state index in [0.717, 1.165) is 0 Å². The molecule has 1 rings (SSSR count). The van der Waals surface area contributed by atoms with Gasteiger partial charge in [-0.15, -0.1) is 0 Å². The molecule has 0 heterocycles. The molecule has 1 atom stereocenters. The molecule has 0 aromatic heterocycles.